The topological polar surface area (TPSA) is 93.9 Å². The fourth-order valence-electron chi connectivity index (χ4n) is 3.41. The van der Waals surface area contributed by atoms with Crippen LogP contribution in [0.5, 0.6) is 0 Å². The predicted molar refractivity (Wildman–Crippen MR) is 98.5 cm³/mol. The van der Waals surface area contributed by atoms with Crippen LogP contribution in [0.3, 0.4) is 0 Å². The van der Waals surface area contributed by atoms with Crippen molar-refractivity contribution in [1.82, 2.24) is 10.1 Å². The van der Waals surface area contributed by atoms with Crippen molar-refractivity contribution in [2.24, 2.45) is 5.92 Å². The van der Waals surface area contributed by atoms with E-state index in [4.69, 9.17) is 14.0 Å². The molecule has 0 bridgehead atoms. The third kappa shape index (κ3) is 5.22. The minimum atomic E-state index is -0.575. The van der Waals surface area contributed by atoms with Crippen LogP contribution in [0.15, 0.2) is 10.6 Å². The first-order valence-electron chi connectivity index (χ1n) is 9.64. The van der Waals surface area contributed by atoms with E-state index >= 15 is 0 Å². The number of likely N-dealkylation sites (tertiary alicyclic amines) is 1. The van der Waals surface area contributed by atoms with Crippen molar-refractivity contribution >= 4 is 17.8 Å². The molecule has 2 fully saturated rings. The molecule has 3 rings (SSSR count). The van der Waals surface area contributed by atoms with Gasteiger partial charge >= 0.3 is 6.09 Å². The van der Waals surface area contributed by atoms with Crippen LogP contribution in [-0.4, -0.2) is 54.5 Å². The second kappa shape index (κ2) is 8.29. The molecule has 1 N–H and O–H groups in total. The number of nitrogens with one attached hydrogen (secondary N) is 1. The van der Waals surface area contributed by atoms with Gasteiger partial charge in [0.1, 0.15) is 11.9 Å². The highest BCUT2D eigenvalue weighted by atomic mass is 16.6. The van der Waals surface area contributed by atoms with Gasteiger partial charge in [-0.1, -0.05) is 25.9 Å². The van der Waals surface area contributed by atoms with E-state index in [0.717, 1.165) is 32.2 Å². The summed E-state index contributed by atoms with van der Waals surface area (Å²) in [6.45, 7) is 8.44. The molecule has 1 unspecified atom stereocenters. The number of aromatic nitrogens is 1. The van der Waals surface area contributed by atoms with E-state index in [0.29, 0.717) is 31.3 Å². The Morgan fingerprint density at radius 1 is 1.26 bits per heavy atom. The number of hydrogen-bond donors (Lipinski definition) is 1. The number of carbonyl (C=O) groups excluding carboxylic acids is 2. The summed E-state index contributed by atoms with van der Waals surface area (Å²) < 4.78 is 16.1. The Morgan fingerprint density at radius 2 is 2.00 bits per heavy atom. The van der Waals surface area contributed by atoms with Crippen molar-refractivity contribution in [2.75, 3.05) is 31.6 Å². The standard InChI is InChI=1S/C19H29N3O5/c1-19(2,3)15-11-16(21-27-15)20-18(24)26-14-5-4-8-22(12-14)17(23)13-6-9-25-10-7-13/h11,13-14H,4-10,12H2,1-3H3,(H,20,21,24). The lowest BCUT2D eigenvalue weighted by Gasteiger charge is -2.35. The van der Waals surface area contributed by atoms with E-state index in [1.54, 1.807) is 6.07 Å². The second-order valence-electron chi connectivity index (χ2n) is 8.29. The van der Waals surface area contributed by atoms with Gasteiger partial charge in [0.15, 0.2) is 5.82 Å². The molecule has 1 atom stereocenters. The lowest BCUT2D eigenvalue weighted by molar-refractivity contribution is -0.141. The molecule has 150 valence electrons. The first kappa shape index (κ1) is 19.7. The first-order chi connectivity index (χ1) is 12.8. The Kier molecular flexibility index (Phi) is 6.04. The average Bonchev–Trinajstić information content (AvgIpc) is 3.11. The van der Waals surface area contributed by atoms with E-state index < -0.39 is 6.09 Å². The highest BCUT2D eigenvalue weighted by Crippen LogP contribution is 2.25. The largest absolute Gasteiger partial charge is 0.444 e. The number of nitrogens with zero attached hydrogens (tertiary/aromatic N) is 2. The summed E-state index contributed by atoms with van der Waals surface area (Å²) in [5.74, 6) is 1.19. The maximum Gasteiger partial charge on any atom is 0.413 e. The van der Waals surface area contributed by atoms with Crippen LogP contribution in [0.1, 0.15) is 52.2 Å². The van der Waals surface area contributed by atoms with Crippen LogP contribution in [0.2, 0.25) is 0 Å². The van der Waals surface area contributed by atoms with E-state index in [1.807, 2.05) is 25.7 Å². The zero-order chi connectivity index (χ0) is 19.4. The van der Waals surface area contributed by atoms with Gasteiger partial charge < -0.3 is 18.9 Å². The van der Waals surface area contributed by atoms with Gasteiger partial charge in [-0.05, 0) is 25.7 Å². The Hall–Kier alpha value is -2.09. The van der Waals surface area contributed by atoms with Gasteiger partial charge in [0, 0.05) is 37.2 Å². The molecule has 0 aromatic carbocycles. The Morgan fingerprint density at radius 3 is 2.67 bits per heavy atom. The first-order valence-corrected chi connectivity index (χ1v) is 9.64. The number of anilines is 1. The van der Waals surface area contributed by atoms with Crippen LogP contribution < -0.4 is 5.32 Å². The summed E-state index contributed by atoms with van der Waals surface area (Å²) in [5.41, 5.74) is -0.189. The molecule has 1 aromatic heterocycles. The zero-order valence-corrected chi connectivity index (χ0v) is 16.3. The molecule has 0 radical (unpaired) electrons. The van der Waals surface area contributed by atoms with E-state index in [2.05, 4.69) is 10.5 Å². The van der Waals surface area contributed by atoms with E-state index in [1.165, 1.54) is 0 Å². The van der Waals surface area contributed by atoms with E-state index in [-0.39, 0.29) is 23.3 Å². The molecule has 2 aliphatic rings. The molecule has 1 aromatic rings. The molecular weight excluding hydrogens is 350 g/mol. The number of carbonyl (C=O) groups is 2. The highest BCUT2D eigenvalue weighted by Gasteiger charge is 2.31. The van der Waals surface area contributed by atoms with Crippen molar-refractivity contribution < 1.29 is 23.6 Å². The summed E-state index contributed by atoms with van der Waals surface area (Å²) >= 11 is 0. The molecule has 2 amide bonds. The van der Waals surface area contributed by atoms with Gasteiger partial charge in [0.25, 0.3) is 0 Å². The molecule has 2 aliphatic heterocycles. The van der Waals surface area contributed by atoms with Crippen molar-refractivity contribution in [3.8, 4) is 0 Å². The monoisotopic (exact) mass is 379 g/mol. The van der Waals surface area contributed by atoms with Crippen LogP contribution in [0, 0.1) is 5.92 Å². The second-order valence-corrected chi connectivity index (χ2v) is 8.29. The van der Waals surface area contributed by atoms with Gasteiger partial charge in [0.05, 0.1) is 6.54 Å². The Bertz CT molecular complexity index is 661. The van der Waals surface area contributed by atoms with Gasteiger partial charge in [-0.25, -0.2) is 4.79 Å². The minimum absolute atomic E-state index is 0.0253. The zero-order valence-electron chi connectivity index (χ0n) is 16.3. The fraction of sp³-hybridized carbons (Fsp3) is 0.737. The molecular formula is C19H29N3O5. The van der Waals surface area contributed by atoms with E-state index in [9.17, 15) is 9.59 Å². The highest BCUT2D eigenvalue weighted by molar-refractivity contribution is 5.83. The van der Waals surface area contributed by atoms with Crippen LogP contribution in [-0.2, 0) is 19.7 Å². The summed E-state index contributed by atoms with van der Waals surface area (Å²) in [7, 11) is 0. The summed E-state index contributed by atoms with van der Waals surface area (Å²) in [5, 5.41) is 6.46. The van der Waals surface area contributed by atoms with Gasteiger partial charge in [-0.2, -0.15) is 0 Å². The molecule has 0 spiro atoms. The summed E-state index contributed by atoms with van der Waals surface area (Å²) in [6.07, 6.45) is 2.22. The number of hydrogen-bond acceptors (Lipinski definition) is 6. The summed E-state index contributed by atoms with van der Waals surface area (Å²) in [6, 6.07) is 1.70. The summed E-state index contributed by atoms with van der Waals surface area (Å²) in [4.78, 5) is 26.7. The van der Waals surface area contributed by atoms with Crippen molar-refractivity contribution in [1.29, 1.82) is 0 Å². The third-order valence-corrected chi connectivity index (χ3v) is 5.01. The van der Waals surface area contributed by atoms with Crippen LogP contribution in [0.25, 0.3) is 0 Å². The van der Waals surface area contributed by atoms with Crippen LogP contribution in [0.4, 0.5) is 10.6 Å². The average molecular weight is 379 g/mol. The molecule has 3 heterocycles. The Labute approximate surface area is 159 Å². The Balaban J connectivity index is 1.50. The molecule has 27 heavy (non-hydrogen) atoms. The van der Waals surface area contributed by atoms with Crippen molar-refractivity contribution in [2.45, 2.75) is 58.0 Å². The maximum absolute atomic E-state index is 12.7. The van der Waals surface area contributed by atoms with Crippen molar-refractivity contribution in [3.63, 3.8) is 0 Å². The van der Waals surface area contributed by atoms with Crippen molar-refractivity contribution in [3.05, 3.63) is 11.8 Å². The smallest absolute Gasteiger partial charge is 0.413 e. The molecule has 0 aliphatic carbocycles. The number of piperidine rings is 1. The lowest BCUT2D eigenvalue weighted by atomic mass is 9.93. The molecule has 0 saturated carbocycles. The van der Waals surface area contributed by atoms with Gasteiger partial charge in [-0.3, -0.25) is 10.1 Å². The number of ether oxygens (including phenoxy) is 2. The predicted octanol–water partition coefficient (Wildman–Crippen LogP) is 2.94. The van der Waals surface area contributed by atoms with Gasteiger partial charge in [-0.15, -0.1) is 0 Å². The fourth-order valence-corrected chi connectivity index (χ4v) is 3.41. The number of amides is 2. The number of rotatable bonds is 3. The maximum atomic E-state index is 12.7. The van der Waals surface area contributed by atoms with Gasteiger partial charge in [0.2, 0.25) is 5.91 Å². The molecule has 8 heteroatoms. The quantitative estimate of drug-likeness (QED) is 0.868. The SMILES string of the molecule is CC(C)(C)c1cc(NC(=O)OC2CCCN(C(=O)C3CCOCC3)C2)no1. The normalized spacial score (nSPS) is 21.7. The lowest BCUT2D eigenvalue weighted by Crippen LogP contribution is -2.47. The molecule has 8 nitrogen and oxygen atoms in total. The third-order valence-electron chi connectivity index (χ3n) is 5.01. The minimum Gasteiger partial charge on any atom is -0.444 e. The molecule has 2 saturated heterocycles. The van der Waals surface area contributed by atoms with Crippen LogP contribution >= 0.6 is 0 Å².